The molecule has 0 saturated carbocycles. The van der Waals surface area contributed by atoms with Gasteiger partial charge in [-0.3, -0.25) is 5.32 Å². The summed E-state index contributed by atoms with van der Waals surface area (Å²) in [6, 6.07) is 0.393. The molecule has 1 aromatic rings. The third-order valence-electron chi connectivity index (χ3n) is 2.47. The average molecular weight is 294 g/mol. The molecular formula is C9H12ClN3O4S. The van der Waals surface area contributed by atoms with E-state index in [1.807, 2.05) is 0 Å². The van der Waals surface area contributed by atoms with Gasteiger partial charge in [0, 0.05) is 6.07 Å². The maximum Gasteiger partial charge on any atom is 0.320 e. The zero-order valence-corrected chi connectivity index (χ0v) is 11.1. The minimum Gasteiger partial charge on any atom is -0.360 e. The van der Waals surface area contributed by atoms with Gasteiger partial charge in [0.05, 0.1) is 22.9 Å². The van der Waals surface area contributed by atoms with Crippen LogP contribution in [0.25, 0.3) is 0 Å². The maximum atomic E-state index is 11.6. The van der Waals surface area contributed by atoms with E-state index in [1.165, 1.54) is 0 Å². The zero-order valence-electron chi connectivity index (χ0n) is 9.51. The van der Waals surface area contributed by atoms with E-state index in [9.17, 15) is 13.2 Å². The molecule has 0 spiro atoms. The molecule has 0 aromatic carbocycles. The lowest BCUT2D eigenvalue weighted by atomic mass is 10.2. The van der Waals surface area contributed by atoms with Crippen LogP contribution >= 0.6 is 11.6 Å². The van der Waals surface area contributed by atoms with Crippen molar-refractivity contribution < 1.29 is 17.7 Å². The molecule has 2 amide bonds. The topological polar surface area (TPSA) is 101 Å². The summed E-state index contributed by atoms with van der Waals surface area (Å²) in [6.45, 7) is 1.69. The molecule has 0 unspecified atom stereocenters. The number of urea groups is 1. The predicted molar refractivity (Wildman–Crippen MR) is 65.5 cm³/mol. The van der Waals surface area contributed by atoms with Gasteiger partial charge in [0.2, 0.25) is 0 Å². The number of hydrogen-bond acceptors (Lipinski definition) is 5. The number of sulfone groups is 1. The monoisotopic (exact) mass is 293 g/mol. The smallest absolute Gasteiger partial charge is 0.320 e. The summed E-state index contributed by atoms with van der Waals surface area (Å²) < 4.78 is 27.4. The van der Waals surface area contributed by atoms with E-state index in [4.69, 9.17) is 16.1 Å². The third kappa shape index (κ3) is 3.14. The molecule has 0 bridgehead atoms. The van der Waals surface area contributed by atoms with Crippen LogP contribution in [-0.4, -0.2) is 42.5 Å². The largest absolute Gasteiger partial charge is 0.360 e. The molecular weight excluding hydrogens is 282 g/mol. The Bertz CT molecular complexity index is 556. The zero-order chi connectivity index (χ0) is 13.3. The molecule has 9 heteroatoms. The SMILES string of the molecule is Cc1cc(NC(=O)N[C@H]2CS(=O)(=O)C[C@@H]2Cl)no1. The standard InChI is InChI=1S/C9H12ClN3O4S/c1-5-2-8(13-17-5)12-9(14)11-7-4-18(15,16)3-6(7)10/h2,6-7H,3-4H2,1H3,(H2,11,12,13,14)/t6-,7-/m0/s1. The van der Waals surface area contributed by atoms with Crippen molar-refractivity contribution in [2.45, 2.75) is 18.3 Å². The molecule has 1 aliphatic heterocycles. The number of anilines is 1. The normalized spacial score (nSPS) is 25.9. The minimum atomic E-state index is -3.17. The lowest BCUT2D eigenvalue weighted by molar-refractivity contribution is 0.249. The molecule has 2 rings (SSSR count). The number of amides is 2. The second-order valence-electron chi connectivity index (χ2n) is 4.12. The van der Waals surface area contributed by atoms with Crippen LogP contribution in [0.2, 0.25) is 0 Å². The maximum absolute atomic E-state index is 11.6. The molecule has 2 heterocycles. The van der Waals surface area contributed by atoms with Crippen molar-refractivity contribution in [3.63, 3.8) is 0 Å². The quantitative estimate of drug-likeness (QED) is 0.774. The fourth-order valence-corrected chi connectivity index (χ4v) is 4.23. The summed E-state index contributed by atoms with van der Waals surface area (Å²) in [6.07, 6.45) is 0. The van der Waals surface area contributed by atoms with Crippen LogP contribution in [0.3, 0.4) is 0 Å². The highest BCUT2D eigenvalue weighted by atomic mass is 35.5. The second kappa shape index (κ2) is 4.77. The Balaban J connectivity index is 1.92. The van der Waals surface area contributed by atoms with Crippen LogP contribution in [0, 0.1) is 6.92 Å². The molecule has 0 radical (unpaired) electrons. The van der Waals surface area contributed by atoms with Crippen LogP contribution in [0.5, 0.6) is 0 Å². The molecule has 1 fully saturated rings. The molecule has 2 N–H and O–H groups in total. The Morgan fingerprint density at radius 2 is 2.28 bits per heavy atom. The fraction of sp³-hybridized carbons (Fsp3) is 0.556. The number of carbonyl (C=O) groups excluding carboxylic acids is 1. The van der Waals surface area contributed by atoms with Crippen molar-refractivity contribution in [3.05, 3.63) is 11.8 Å². The molecule has 0 aliphatic carbocycles. The third-order valence-corrected chi connectivity index (χ3v) is 4.84. The number of aryl methyl sites for hydroxylation is 1. The highest BCUT2D eigenvalue weighted by molar-refractivity contribution is 7.91. The number of nitrogens with one attached hydrogen (secondary N) is 2. The Morgan fingerprint density at radius 3 is 2.78 bits per heavy atom. The minimum absolute atomic E-state index is 0.122. The van der Waals surface area contributed by atoms with Crippen molar-refractivity contribution in [1.82, 2.24) is 10.5 Å². The Labute approximate surface area is 109 Å². The van der Waals surface area contributed by atoms with E-state index in [0.29, 0.717) is 5.76 Å². The van der Waals surface area contributed by atoms with E-state index < -0.39 is 27.3 Å². The van der Waals surface area contributed by atoms with Crippen LogP contribution in [0.15, 0.2) is 10.6 Å². The van der Waals surface area contributed by atoms with Gasteiger partial charge in [0.25, 0.3) is 0 Å². The van der Waals surface area contributed by atoms with Gasteiger partial charge in [0.1, 0.15) is 5.76 Å². The number of rotatable bonds is 2. The lowest BCUT2D eigenvalue weighted by Gasteiger charge is -2.13. The molecule has 18 heavy (non-hydrogen) atoms. The van der Waals surface area contributed by atoms with Gasteiger partial charge in [-0.25, -0.2) is 13.2 Å². The van der Waals surface area contributed by atoms with Crippen molar-refractivity contribution in [3.8, 4) is 0 Å². The Morgan fingerprint density at radius 1 is 1.56 bits per heavy atom. The van der Waals surface area contributed by atoms with Gasteiger partial charge in [-0.05, 0) is 6.92 Å². The number of aromatic nitrogens is 1. The van der Waals surface area contributed by atoms with Gasteiger partial charge in [-0.2, -0.15) is 0 Å². The fourth-order valence-electron chi connectivity index (χ4n) is 1.68. The first-order valence-corrected chi connectivity index (χ1v) is 7.47. The van der Waals surface area contributed by atoms with Crippen molar-refractivity contribution in [2.75, 3.05) is 16.8 Å². The second-order valence-corrected chi connectivity index (χ2v) is 6.84. The molecule has 2 atom stereocenters. The first-order chi connectivity index (χ1) is 8.35. The van der Waals surface area contributed by atoms with E-state index in [2.05, 4.69) is 15.8 Å². The average Bonchev–Trinajstić information content (AvgIpc) is 2.71. The molecule has 100 valence electrons. The predicted octanol–water partition coefficient (Wildman–Crippen LogP) is 0.509. The summed E-state index contributed by atoms with van der Waals surface area (Å²) in [5.41, 5.74) is 0. The van der Waals surface area contributed by atoms with Gasteiger partial charge < -0.3 is 9.84 Å². The van der Waals surface area contributed by atoms with Gasteiger partial charge in [-0.1, -0.05) is 5.16 Å². The molecule has 1 aliphatic rings. The van der Waals surface area contributed by atoms with Crippen LogP contribution in [0.4, 0.5) is 10.6 Å². The van der Waals surface area contributed by atoms with Crippen molar-refractivity contribution in [2.24, 2.45) is 0 Å². The summed E-state index contributed by atoms with van der Waals surface area (Å²) >= 11 is 5.86. The summed E-state index contributed by atoms with van der Waals surface area (Å²) in [5, 5.41) is 7.90. The van der Waals surface area contributed by atoms with Crippen LogP contribution in [-0.2, 0) is 9.84 Å². The van der Waals surface area contributed by atoms with Gasteiger partial charge in [-0.15, -0.1) is 11.6 Å². The van der Waals surface area contributed by atoms with E-state index in [1.54, 1.807) is 13.0 Å². The van der Waals surface area contributed by atoms with Crippen molar-refractivity contribution >= 4 is 33.3 Å². The number of alkyl halides is 1. The summed E-state index contributed by atoms with van der Waals surface area (Å²) in [4.78, 5) is 11.6. The van der Waals surface area contributed by atoms with Gasteiger partial charge >= 0.3 is 6.03 Å². The number of halogens is 1. The highest BCUT2D eigenvalue weighted by Crippen LogP contribution is 2.18. The number of carbonyl (C=O) groups is 1. The first kappa shape index (κ1) is 13.2. The highest BCUT2D eigenvalue weighted by Gasteiger charge is 2.37. The number of nitrogens with zero attached hydrogens (tertiary/aromatic N) is 1. The first-order valence-electron chi connectivity index (χ1n) is 5.21. The van der Waals surface area contributed by atoms with Crippen molar-refractivity contribution in [1.29, 1.82) is 0 Å². The summed E-state index contributed by atoms with van der Waals surface area (Å²) in [5.74, 6) is 0.551. The van der Waals surface area contributed by atoms with E-state index in [-0.39, 0.29) is 17.3 Å². The van der Waals surface area contributed by atoms with E-state index in [0.717, 1.165) is 0 Å². The molecule has 7 nitrogen and oxygen atoms in total. The van der Waals surface area contributed by atoms with Gasteiger partial charge in [0.15, 0.2) is 15.7 Å². The van der Waals surface area contributed by atoms with Crippen LogP contribution in [0.1, 0.15) is 5.76 Å². The molecule has 1 aromatic heterocycles. The van der Waals surface area contributed by atoms with E-state index >= 15 is 0 Å². The molecule has 1 saturated heterocycles. The lowest BCUT2D eigenvalue weighted by Crippen LogP contribution is -2.43. The Kier molecular flexibility index (Phi) is 3.49. The Hall–Kier alpha value is -1.28. The number of hydrogen-bond donors (Lipinski definition) is 2. The summed E-state index contributed by atoms with van der Waals surface area (Å²) in [7, 11) is -3.17. The van der Waals surface area contributed by atoms with Crippen LogP contribution < -0.4 is 10.6 Å².